The number of hydrogen-bond donors (Lipinski definition) is 0. The van der Waals surface area contributed by atoms with Crippen molar-refractivity contribution in [2.24, 2.45) is 0 Å². The monoisotopic (exact) mass is 308 g/mol. The van der Waals surface area contributed by atoms with Crippen LogP contribution >= 0.6 is 11.3 Å². The number of rotatable bonds is 6. The summed E-state index contributed by atoms with van der Waals surface area (Å²) in [6.07, 6.45) is 2.75. The minimum atomic E-state index is -0.774. The molecule has 1 rings (SSSR count). The van der Waals surface area contributed by atoms with Gasteiger partial charge in [-0.1, -0.05) is 12.7 Å². The van der Waals surface area contributed by atoms with E-state index in [2.05, 4.69) is 6.58 Å². The van der Waals surface area contributed by atoms with Crippen LogP contribution in [0, 0.1) is 11.3 Å². The third-order valence-electron chi connectivity index (χ3n) is 2.44. The van der Waals surface area contributed by atoms with Gasteiger partial charge in [-0.25, -0.2) is 4.79 Å². The molecule has 1 aromatic heterocycles. The van der Waals surface area contributed by atoms with Crippen molar-refractivity contribution in [2.45, 2.75) is 20.4 Å². The molecule has 0 radical (unpaired) electrons. The normalized spacial score (nSPS) is 12.5. The summed E-state index contributed by atoms with van der Waals surface area (Å²) in [7, 11) is 0. The fraction of sp³-hybridized carbons (Fsp3) is 0.357. The van der Waals surface area contributed by atoms with Gasteiger partial charge in [-0.05, 0) is 13.8 Å². The molecule has 1 heterocycles. The van der Waals surface area contributed by atoms with Crippen LogP contribution in [-0.4, -0.2) is 23.8 Å². The van der Waals surface area contributed by atoms with Gasteiger partial charge in [0.1, 0.15) is 28.1 Å². The maximum atomic E-state index is 12.2. The van der Waals surface area contributed by atoms with Crippen LogP contribution in [0.1, 0.15) is 13.8 Å². The van der Waals surface area contributed by atoms with E-state index in [-0.39, 0.29) is 22.4 Å². The zero-order valence-electron chi connectivity index (χ0n) is 11.9. The van der Waals surface area contributed by atoms with Gasteiger partial charge in [0.2, 0.25) is 0 Å². The molecule has 0 N–H and O–H groups in total. The molecule has 0 saturated carbocycles. The van der Waals surface area contributed by atoms with Crippen LogP contribution in [0.4, 0.5) is 0 Å². The van der Waals surface area contributed by atoms with Crippen LogP contribution in [0.15, 0.2) is 17.4 Å². The molecule has 21 heavy (non-hydrogen) atoms. The van der Waals surface area contributed by atoms with E-state index in [0.717, 1.165) is 11.3 Å². The maximum absolute atomic E-state index is 12.2. The highest BCUT2D eigenvalue weighted by atomic mass is 32.1. The molecule has 0 aliphatic heterocycles. The Labute approximate surface area is 125 Å². The Morgan fingerprint density at radius 2 is 2.24 bits per heavy atom. The van der Waals surface area contributed by atoms with Crippen LogP contribution in [-0.2, 0) is 20.8 Å². The summed E-state index contributed by atoms with van der Waals surface area (Å²) in [5, 5.41) is 9.18. The standard InChI is InChI=1S/C14H16N2O4S/c1-4-7-20-14(18)10(8-15)13-16(5-2)12(17)11(21-13)9-19-6-3/h4,9H,1,5-7H2,2-3H3/b11-9+,13-10-. The smallest absolute Gasteiger partial charge is 0.352 e. The highest BCUT2D eigenvalue weighted by Gasteiger charge is 2.16. The zero-order chi connectivity index (χ0) is 15.8. The second-order valence-electron chi connectivity index (χ2n) is 3.77. The van der Waals surface area contributed by atoms with Gasteiger partial charge in [-0.15, -0.1) is 11.3 Å². The summed E-state index contributed by atoms with van der Waals surface area (Å²) >= 11 is 1.03. The summed E-state index contributed by atoms with van der Waals surface area (Å²) in [5.74, 6) is -0.774. The Kier molecular flexibility index (Phi) is 6.43. The average Bonchev–Trinajstić information content (AvgIpc) is 2.79. The van der Waals surface area contributed by atoms with Crippen molar-refractivity contribution in [3.63, 3.8) is 0 Å². The highest BCUT2D eigenvalue weighted by Crippen LogP contribution is 1.97. The summed E-state index contributed by atoms with van der Waals surface area (Å²) < 4.78 is 11.9. The molecule has 0 amide bonds. The Bertz CT molecular complexity index is 736. The number of aromatic nitrogens is 1. The van der Waals surface area contributed by atoms with E-state index in [1.54, 1.807) is 19.9 Å². The van der Waals surface area contributed by atoms with Crippen molar-refractivity contribution in [3.8, 4) is 6.07 Å². The maximum Gasteiger partial charge on any atom is 0.352 e. The van der Waals surface area contributed by atoms with Crippen molar-refractivity contribution < 1.29 is 14.3 Å². The third-order valence-corrected chi connectivity index (χ3v) is 3.55. The molecule has 6 nitrogen and oxygen atoms in total. The lowest BCUT2D eigenvalue weighted by Crippen LogP contribution is -2.32. The molecular formula is C14H16N2O4S. The molecule has 0 bridgehead atoms. The van der Waals surface area contributed by atoms with Crippen molar-refractivity contribution in [3.05, 3.63) is 32.2 Å². The largest absolute Gasteiger partial charge is 0.500 e. The fourth-order valence-electron chi connectivity index (χ4n) is 1.52. The number of hydrogen-bond acceptors (Lipinski definition) is 6. The molecule has 0 spiro atoms. The summed E-state index contributed by atoms with van der Waals surface area (Å²) in [6.45, 7) is 7.75. The van der Waals surface area contributed by atoms with Crippen LogP contribution in [0.3, 0.4) is 0 Å². The summed E-state index contributed by atoms with van der Waals surface area (Å²) in [4.78, 5) is 24.0. The average molecular weight is 308 g/mol. The number of ether oxygens (including phenoxy) is 2. The van der Waals surface area contributed by atoms with Crippen molar-refractivity contribution in [2.75, 3.05) is 13.2 Å². The summed E-state index contributed by atoms with van der Waals surface area (Å²) in [6, 6.07) is 1.80. The summed E-state index contributed by atoms with van der Waals surface area (Å²) in [5.41, 5.74) is -0.493. The van der Waals surface area contributed by atoms with Gasteiger partial charge in [0.25, 0.3) is 5.56 Å². The molecule has 0 aliphatic carbocycles. The van der Waals surface area contributed by atoms with Crippen LogP contribution < -0.4 is 14.8 Å². The van der Waals surface area contributed by atoms with Gasteiger partial charge >= 0.3 is 5.97 Å². The van der Waals surface area contributed by atoms with Gasteiger partial charge in [-0.2, -0.15) is 5.26 Å². The molecular weight excluding hydrogens is 292 g/mol. The van der Waals surface area contributed by atoms with Crippen LogP contribution in [0.2, 0.25) is 0 Å². The predicted octanol–water partition coefficient (Wildman–Crippen LogP) is 0.108. The number of carbonyl (C=O) groups excluding carboxylic acids is 1. The lowest BCUT2D eigenvalue weighted by atomic mass is 10.3. The lowest BCUT2D eigenvalue weighted by Gasteiger charge is -2.00. The number of nitriles is 1. The first-order valence-electron chi connectivity index (χ1n) is 6.34. The minimum absolute atomic E-state index is 0.00364. The van der Waals surface area contributed by atoms with Gasteiger partial charge < -0.3 is 9.47 Å². The molecule has 112 valence electrons. The van der Waals surface area contributed by atoms with E-state index in [1.807, 2.05) is 0 Å². The van der Waals surface area contributed by atoms with E-state index in [0.29, 0.717) is 17.7 Å². The van der Waals surface area contributed by atoms with Gasteiger partial charge in [0.15, 0.2) is 5.57 Å². The topological polar surface area (TPSA) is 81.3 Å². The second kappa shape index (κ2) is 8.07. The zero-order valence-corrected chi connectivity index (χ0v) is 12.7. The number of thiazole rings is 1. The van der Waals surface area contributed by atoms with Crippen molar-refractivity contribution in [1.29, 1.82) is 5.26 Å². The third kappa shape index (κ3) is 3.83. The van der Waals surface area contributed by atoms with Gasteiger partial charge in [-0.3, -0.25) is 9.36 Å². The first-order chi connectivity index (χ1) is 10.1. The van der Waals surface area contributed by atoms with Crippen LogP contribution in [0.5, 0.6) is 0 Å². The van der Waals surface area contributed by atoms with E-state index < -0.39 is 5.97 Å². The Morgan fingerprint density at radius 3 is 2.76 bits per heavy atom. The quantitative estimate of drug-likeness (QED) is 0.550. The molecule has 0 unspecified atom stereocenters. The van der Waals surface area contributed by atoms with Crippen LogP contribution in [0.25, 0.3) is 11.8 Å². The Morgan fingerprint density at radius 1 is 1.52 bits per heavy atom. The van der Waals surface area contributed by atoms with Crippen molar-refractivity contribution in [1.82, 2.24) is 4.57 Å². The fourth-order valence-corrected chi connectivity index (χ4v) is 2.60. The van der Waals surface area contributed by atoms with Gasteiger partial charge in [0, 0.05) is 6.54 Å². The first kappa shape index (κ1) is 16.7. The first-order valence-corrected chi connectivity index (χ1v) is 7.16. The molecule has 7 heteroatoms. The lowest BCUT2D eigenvalue weighted by molar-refractivity contribution is -0.135. The van der Waals surface area contributed by atoms with E-state index in [1.165, 1.54) is 16.9 Å². The number of carbonyl (C=O) groups is 1. The molecule has 0 fully saturated rings. The predicted molar refractivity (Wildman–Crippen MR) is 79.8 cm³/mol. The Hall–Kier alpha value is -2.33. The molecule has 0 aliphatic rings. The second-order valence-corrected chi connectivity index (χ2v) is 4.80. The highest BCUT2D eigenvalue weighted by molar-refractivity contribution is 7.07. The molecule has 0 atom stereocenters. The molecule has 0 aromatic carbocycles. The number of esters is 1. The molecule has 1 aromatic rings. The SMILES string of the molecule is C=CCOC(=O)/C(C#N)=c1\s/c(=C/OCC)c(=O)n1CC. The van der Waals surface area contributed by atoms with Crippen molar-refractivity contribution >= 4 is 29.1 Å². The van der Waals surface area contributed by atoms with E-state index >= 15 is 0 Å². The van der Waals surface area contributed by atoms with E-state index in [4.69, 9.17) is 9.47 Å². The Balaban J connectivity index is 3.55. The number of nitrogens with zero attached hydrogens (tertiary/aromatic N) is 2. The van der Waals surface area contributed by atoms with Gasteiger partial charge in [0.05, 0.1) is 6.61 Å². The molecule has 0 saturated heterocycles. The van der Waals surface area contributed by atoms with E-state index in [9.17, 15) is 14.9 Å². The minimum Gasteiger partial charge on any atom is -0.500 e.